The van der Waals surface area contributed by atoms with Crippen molar-refractivity contribution in [3.8, 4) is 0 Å². The van der Waals surface area contributed by atoms with E-state index in [1.807, 2.05) is 0 Å². The molecule has 0 saturated carbocycles. The molecule has 2 aromatic rings. The van der Waals surface area contributed by atoms with Crippen molar-refractivity contribution in [3.63, 3.8) is 0 Å². The van der Waals surface area contributed by atoms with Gasteiger partial charge in [-0.3, -0.25) is 4.79 Å². The lowest BCUT2D eigenvalue weighted by Crippen LogP contribution is -2.28. The minimum absolute atomic E-state index is 0.0525. The van der Waals surface area contributed by atoms with Crippen LogP contribution in [-0.2, 0) is 24.3 Å². The molecule has 0 aliphatic carbocycles. The maximum absolute atomic E-state index is 12.6. The number of benzene rings is 1. The molecule has 1 aliphatic rings. The second-order valence-electron chi connectivity index (χ2n) is 8.30. The number of carbonyl (C=O) groups is 1. The van der Waals surface area contributed by atoms with Gasteiger partial charge in [0.1, 0.15) is 0 Å². The predicted molar refractivity (Wildman–Crippen MR) is 95.8 cm³/mol. The maximum Gasteiger partial charge on any atom is 0.153 e. The highest BCUT2D eigenvalue weighted by molar-refractivity contribution is 5.89. The lowest BCUT2D eigenvalue weighted by atomic mass is 9.90. The average Bonchev–Trinajstić information content (AvgIpc) is 2.70. The number of likely N-dealkylation sites (N-methyl/N-ethyl adjacent to an activating group) is 1. The Morgan fingerprint density at radius 3 is 2.70 bits per heavy atom. The summed E-state index contributed by atoms with van der Waals surface area (Å²) < 4.78 is 2.28. The van der Waals surface area contributed by atoms with Gasteiger partial charge in [-0.15, -0.1) is 0 Å². The van der Waals surface area contributed by atoms with Gasteiger partial charge in [0.2, 0.25) is 0 Å². The Morgan fingerprint density at radius 1 is 1.26 bits per heavy atom. The standard InChI is InChI=1S/C20H28N2O/c1-14-6-7-18-16(10-14)17-13-21(5)9-8-19(17)22(18)12-15(23)11-20(2,3)4/h6-7,10H,8-9,11-13H2,1-5H3. The van der Waals surface area contributed by atoms with E-state index >= 15 is 0 Å². The summed E-state index contributed by atoms with van der Waals surface area (Å²) in [7, 11) is 2.17. The lowest BCUT2D eigenvalue weighted by molar-refractivity contribution is -0.121. The summed E-state index contributed by atoms with van der Waals surface area (Å²) in [5.41, 5.74) is 5.34. The summed E-state index contributed by atoms with van der Waals surface area (Å²) in [5, 5.41) is 1.33. The molecule has 0 bridgehead atoms. The molecule has 0 N–H and O–H groups in total. The number of carbonyl (C=O) groups excluding carboxylic acids is 1. The summed E-state index contributed by atoms with van der Waals surface area (Å²) in [6, 6.07) is 6.62. The van der Waals surface area contributed by atoms with E-state index in [-0.39, 0.29) is 5.41 Å². The van der Waals surface area contributed by atoms with Crippen LogP contribution in [0.2, 0.25) is 0 Å². The maximum atomic E-state index is 12.6. The zero-order valence-electron chi connectivity index (χ0n) is 15.1. The van der Waals surface area contributed by atoms with E-state index in [4.69, 9.17) is 0 Å². The number of nitrogens with zero attached hydrogens (tertiary/aromatic N) is 2. The first kappa shape index (κ1) is 16.3. The largest absolute Gasteiger partial charge is 0.337 e. The number of aromatic nitrogens is 1. The van der Waals surface area contributed by atoms with Gasteiger partial charge in [0, 0.05) is 42.5 Å². The van der Waals surface area contributed by atoms with E-state index in [1.165, 1.54) is 27.7 Å². The van der Waals surface area contributed by atoms with Gasteiger partial charge in [-0.05, 0) is 37.1 Å². The first-order valence-corrected chi connectivity index (χ1v) is 8.55. The van der Waals surface area contributed by atoms with Crippen LogP contribution in [0.4, 0.5) is 0 Å². The quantitative estimate of drug-likeness (QED) is 0.857. The molecule has 0 saturated heterocycles. The number of hydrogen-bond acceptors (Lipinski definition) is 2. The van der Waals surface area contributed by atoms with Crippen molar-refractivity contribution in [1.82, 2.24) is 9.47 Å². The predicted octanol–water partition coefficient (Wildman–Crippen LogP) is 3.94. The number of ketones is 1. The monoisotopic (exact) mass is 312 g/mol. The molecule has 0 atom stereocenters. The summed E-state index contributed by atoms with van der Waals surface area (Å²) in [6.45, 7) is 11.1. The zero-order chi connectivity index (χ0) is 16.8. The van der Waals surface area contributed by atoms with Gasteiger partial charge in [0.15, 0.2) is 5.78 Å². The fourth-order valence-electron chi connectivity index (χ4n) is 3.70. The van der Waals surface area contributed by atoms with Gasteiger partial charge in [-0.1, -0.05) is 32.4 Å². The second-order valence-corrected chi connectivity index (χ2v) is 8.30. The average molecular weight is 312 g/mol. The molecule has 1 aromatic carbocycles. The number of Topliss-reactive ketones (excluding diaryl/α,β-unsaturated/α-hetero) is 1. The van der Waals surface area contributed by atoms with Crippen molar-refractivity contribution >= 4 is 16.7 Å². The van der Waals surface area contributed by atoms with Crippen LogP contribution in [0.15, 0.2) is 18.2 Å². The third-order valence-electron chi connectivity index (χ3n) is 4.66. The molecular formula is C20H28N2O. The SMILES string of the molecule is Cc1ccc2c(c1)c1c(n2CC(=O)CC(C)(C)C)CCN(C)C1. The molecule has 3 heteroatoms. The smallest absolute Gasteiger partial charge is 0.153 e. The third kappa shape index (κ3) is 3.35. The summed E-state index contributed by atoms with van der Waals surface area (Å²) in [4.78, 5) is 14.9. The topological polar surface area (TPSA) is 25.2 Å². The Hall–Kier alpha value is -1.61. The highest BCUT2D eigenvalue weighted by atomic mass is 16.1. The van der Waals surface area contributed by atoms with Crippen molar-refractivity contribution in [2.75, 3.05) is 13.6 Å². The molecule has 0 fully saturated rings. The van der Waals surface area contributed by atoms with Crippen molar-refractivity contribution in [3.05, 3.63) is 35.0 Å². The van der Waals surface area contributed by atoms with Crippen molar-refractivity contribution < 1.29 is 4.79 Å². The highest BCUT2D eigenvalue weighted by Crippen LogP contribution is 2.32. The van der Waals surface area contributed by atoms with Crippen LogP contribution in [0.25, 0.3) is 10.9 Å². The van der Waals surface area contributed by atoms with Crippen LogP contribution in [0.1, 0.15) is 44.0 Å². The second kappa shape index (κ2) is 5.79. The summed E-state index contributed by atoms with van der Waals surface area (Å²) in [5.74, 6) is 0.330. The van der Waals surface area contributed by atoms with Crippen molar-refractivity contribution in [2.24, 2.45) is 5.41 Å². The van der Waals surface area contributed by atoms with Gasteiger partial charge < -0.3 is 9.47 Å². The highest BCUT2D eigenvalue weighted by Gasteiger charge is 2.24. The Labute approximate surface area is 139 Å². The van der Waals surface area contributed by atoms with E-state index in [1.54, 1.807) is 0 Å². The molecule has 0 unspecified atom stereocenters. The minimum atomic E-state index is 0.0525. The zero-order valence-corrected chi connectivity index (χ0v) is 15.1. The van der Waals surface area contributed by atoms with Crippen molar-refractivity contribution in [2.45, 2.75) is 53.6 Å². The first-order valence-electron chi connectivity index (χ1n) is 8.55. The van der Waals surface area contributed by atoms with Crippen LogP contribution in [-0.4, -0.2) is 28.8 Å². The molecule has 3 rings (SSSR count). The molecule has 23 heavy (non-hydrogen) atoms. The van der Waals surface area contributed by atoms with Gasteiger partial charge in [-0.2, -0.15) is 0 Å². The lowest BCUT2D eigenvalue weighted by Gasteiger charge is -2.24. The van der Waals surface area contributed by atoms with Gasteiger partial charge in [0.25, 0.3) is 0 Å². The molecule has 0 spiro atoms. The van der Waals surface area contributed by atoms with Crippen LogP contribution in [0.3, 0.4) is 0 Å². The molecule has 2 heterocycles. The van der Waals surface area contributed by atoms with Crippen LogP contribution in [0.5, 0.6) is 0 Å². The fourth-order valence-corrected chi connectivity index (χ4v) is 3.70. The number of hydrogen-bond donors (Lipinski definition) is 0. The molecule has 3 nitrogen and oxygen atoms in total. The van der Waals surface area contributed by atoms with Crippen LogP contribution in [0, 0.1) is 12.3 Å². The normalized spacial score (nSPS) is 15.9. The molecular weight excluding hydrogens is 284 g/mol. The Balaban J connectivity index is 2.04. The summed E-state index contributed by atoms with van der Waals surface area (Å²) >= 11 is 0. The van der Waals surface area contributed by atoms with Gasteiger partial charge in [0.05, 0.1) is 6.54 Å². The van der Waals surface area contributed by atoms with E-state index < -0.39 is 0 Å². The van der Waals surface area contributed by atoms with Crippen LogP contribution >= 0.6 is 0 Å². The molecule has 0 amide bonds. The molecule has 0 radical (unpaired) electrons. The van der Waals surface area contributed by atoms with E-state index in [9.17, 15) is 4.79 Å². The Morgan fingerprint density at radius 2 is 2.00 bits per heavy atom. The number of aryl methyl sites for hydroxylation is 1. The number of rotatable bonds is 3. The van der Waals surface area contributed by atoms with Crippen molar-refractivity contribution in [1.29, 1.82) is 0 Å². The Kier molecular flexibility index (Phi) is 4.09. The number of fused-ring (bicyclic) bond motifs is 3. The van der Waals surface area contributed by atoms with Crippen LogP contribution < -0.4 is 0 Å². The third-order valence-corrected chi connectivity index (χ3v) is 4.66. The molecule has 1 aromatic heterocycles. The van der Waals surface area contributed by atoms with Gasteiger partial charge >= 0.3 is 0 Å². The van der Waals surface area contributed by atoms with E-state index in [0.29, 0.717) is 18.7 Å². The first-order chi connectivity index (χ1) is 10.7. The van der Waals surface area contributed by atoms with E-state index in [2.05, 4.69) is 62.4 Å². The minimum Gasteiger partial charge on any atom is -0.337 e. The molecule has 124 valence electrons. The summed E-state index contributed by atoms with van der Waals surface area (Å²) in [6.07, 6.45) is 1.66. The van der Waals surface area contributed by atoms with Gasteiger partial charge in [-0.25, -0.2) is 0 Å². The van der Waals surface area contributed by atoms with E-state index in [0.717, 1.165) is 19.5 Å². The molecule has 1 aliphatic heterocycles. The Bertz CT molecular complexity index is 749. The fraction of sp³-hybridized carbons (Fsp3) is 0.550.